The lowest BCUT2D eigenvalue weighted by Gasteiger charge is -2.24. The highest BCUT2D eigenvalue weighted by Crippen LogP contribution is 2.12. The van der Waals surface area contributed by atoms with Crippen LogP contribution in [0.5, 0.6) is 0 Å². The standard InChI is InChI=1S/C12H20N4O2/c1-8(3-4-18-2)16-12(17)10-5-9-11(6-13-10)15-7-14-9/h7-8,10,13H,3-6H2,1-2H3,(H,14,15)(H,16,17). The summed E-state index contributed by atoms with van der Waals surface area (Å²) in [6.07, 6.45) is 3.14. The lowest BCUT2D eigenvalue weighted by molar-refractivity contribution is -0.124. The van der Waals surface area contributed by atoms with Crippen molar-refractivity contribution in [2.45, 2.75) is 38.4 Å². The number of methoxy groups -OCH3 is 1. The van der Waals surface area contributed by atoms with Crippen LogP contribution < -0.4 is 10.6 Å². The minimum absolute atomic E-state index is 0.0345. The summed E-state index contributed by atoms with van der Waals surface area (Å²) in [5, 5.41) is 6.20. The van der Waals surface area contributed by atoms with Crippen LogP contribution in [0.15, 0.2) is 6.33 Å². The Kier molecular flexibility index (Phi) is 4.33. The summed E-state index contributed by atoms with van der Waals surface area (Å²) in [5.74, 6) is 0.0345. The highest BCUT2D eigenvalue weighted by Gasteiger charge is 2.26. The maximum atomic E-state index is 12.1. The Balaban J connectivity index is 1.84. The summed E-state index contributed by atoms with van der Waals surface area (Å²) < 4.78 is 4.99. The van der Waals surface area contributed by atoms with Gasteiger partial charge in [0.25, 0.3) is 0 Å². The summed E-state index contributed by atoms with van der Waals surface area (Å²) in [6.45, 7) is 3.31. The number of imidazole rings is 1. The van der Waals surface area contributed by atoms with E-state index in [0.717, 1.165) is 17.8 Å². The zero-order valence-electron chi connectivity index (χ0n) is 10.8. The van der Waals surface area contributed by atoms with E-state index in [4.69, 9.17) is 4.74 Å². The number of hydrogen-bond donors (Lipinski definition) is 3. The van der Waals surface area contributed by atoms with Gasteiger partial charge in [-0.25, -0.2) is 4.98 Å². The molecule has 100 valence electrons. The van der Waals surface area contributed by atoms with E-state index in [1.54, 1.807) is 13.4 Å². The van der Waals surface area contributed by atoms with Gasteiger partial charge in [-0.15, -0.1) is 0 Å². The van der Waals surface area contributed by atoms with Gasteiger partial charge in [0.1, 0.15) is 0 Å². The third kappa shape index (κ3) is 3.08. The van der Waals surface area contributed by atoms with E-state index in [2.05, 4.69) is 20.6 Å². The molecule has 0 bridgehead atoms. The molecular weight excluding hydrogens is 232 g/mol. The Labute approximate surface area is 107 Å². The number of carbonyl (C=O) groups excluding carboxylic acids is 1. The lowest BCUT2D eigenvalue weighted by atomic mass is 10.0. The van der Waals surface area contributed by atoms with Crippen LogP contribution in [0.4, 0.5) is 0 Å². The van der Waals surface area contributed by atoms with Gasteiger partial charge in [-0.3, -0.25) is 10.1 Å². The number of amides is 1. The molecule has 3 N–H and O–H groups in total. The molecule has 2 rings (SSSR count). The largest absolute Gasteiger partial charge is 0.385 e. The SMILES string of the molecule is COCCC(C)NC(=O)C1Cc2nc[nH]c2CN1. The first-order valence-corrected chi connectivity index (χ1v) is 6.24. The molecular formula is C12H20N4O2. The Morgan fingerprint density at radius 3 is 3.33 bits per heavy atom. The fourth-order valence-corrected chi connectivity index (χ4v) is 2.06. The second kappa shape index (κ2) is 5.97. The summed E-state index contributed by atoms with van der Waals surface area (Å²) in [7, 11) is 1.66. The Morgan fingerprint density at radius 1 is 1.72 bits per heavy atom. The van der Waals surface area contributed by atoms with E-state index in [-0.39, 0.29) is 18.0 Å². The number of nitrogens with one attached hydrogen (secondary N) is 3. The van der Waals surface area contributed by atoms with Crippen LogP contribution in [0.2, 0.25) is 0 Å². The number of carbonyl (C=O) groups is 1. The van der Waals surface area contributed by atoms with Gasteiger partial charge in [0.2, 0.25) is 5.91 Å². The molecule has 6 nitrogen and oxygen atoms in total. The molecule has 2 unspecified atom stereocenters. The predicted molar refractivity (Wildman–Crippen MR) is 67.0 cm³/mol. The highest BCUT2D eigenvalue weighted by molar-refractivity contribution is 5.82. The van der Waals surface area contributed by atoms with Crippen molar-refractivity contribution in [2.75, 3.05) is 13.7 Å². The van der Waals surface area contributed by atoms with E-state index in [0.29, 0.717) is 19.6 Å². The van der Waals surface area contributed by atoms with Gasteiger partial charge in [0.15, 0.2) is 0 Å². The Bertz CT molecular complexity index is 405. The van der Waals surface area contributed by atoms with Crippen LogP contribution in [0.25, 0.3) is 0 Å². The van der Waals surface area contributed by atoms with Crippen molar-refractivity contribution in [1.82, 2.24) is 20.6 Å². The minimum Gasteiger partial charge on any atom is -0.385 e. The number of nitrogens with zero attached hydrogens (tertiary/aromatic N) is 1. The first-order chi connectivity index (χ1) is 8.70. The van der Waals surface area contributed by atoms with Crippen LogP contribution in [0.3, 0.4) is 0 Å². The molecule has 1 aliphatic rings. The third-order valence-corrected chi connectivity index (χ3v) is 3.19. The van der Waals surface area contributed by atoms with E-state index in [1.165, 1.54) is 0 Å². The second-order valence-corrected chi connectivity index (χ2v) is 4.66. The van der Waals surface area contributed by atoms with Gasteiger partial charge >= 0.3 is 0 Å². The number of ether oxygens (including phenoxy) is 1. The van der Waals surface area contributed by atoms with Gasteiger partial charge in [0, 0.05) is 32.7 Å². The van der Waals surface area contributed by atoms with Crippen LogP contribution in [-0.2, 0) is 22.5 Å². The number of fused-ring (bicyclic) bond motifs is 1. The number of aromatic nitrogens is 2. The maximum absolute atomic E-state index is 12.1. The van der Waals surface area contributed by atoms with Crippen molar-refractivity contribution in [1.29, 1.82) is 0 Å². The first-order valence-electron chi connectivity index (χ1n) is 6.24. The minimum atomic E-state index is -0.189. The molecule has 0 fully saturated rings. The quantitative estimate of drug-likeness (QED) is 0.687. The monoisotopic (exact) mass is 252 g/mol. The number of hydrogen-bond acceptors (Lipinski definition) is 4. The van der Waals surface area contributed by atoms with E-state index >= 15 is 0 Å². The van der Waals surface area contributed by atoms with E-state index in [9.17, 15) is 4.79 Å². The fourth-order valence-electron chi connectivity index (χ4n) is 2.06. The first kappa shape index (κ1) is 13.0. The molecule has 1 aliphatic heterocycles. The molecule has 0 spiro atoms. The number of aromatic amines is 1. The van der Waals surface area contributed by atoms with Crippen molar-refractivity contribution < 1.29 is 9.53 Å². The predicted octanol–water partition coefficient (Wildman–Crippen LogP) is -0.0348. The number of H-pyrrole nitrogens is 1. The van der Waals surface area contributed by atoms with Crippen molar-refractivity contribution in [3.05, 3.63) is 17.7 Å². The maximum Gasteiger partial charge on any atom is 0.237 e. The van der Waals surface area contributed by atoms with Gasteiger partial charge in [-0.05, 0) is 13.3 Å². The second-order valence-electron chi connectivity index (χ2n) is 4.66. The molecule has 1 aromatic heterocycles. The molecule has 6 heteroatoms. The molecule has 1 amide bonds. The molecule has 1 aromatic rings. The summed E-state index contributed by atoms with van der Waals surface area (Å²) >= 11 is 0. The van der Waals surface area contributed by atoms with Gasteiger partial charge in [0.05, 0.1) is 23.8 Å². The lowest BCUT2D eigenvalue weighted by Crippen LogP contribution is -2.50. The molecule has 18 heavy (non-hydrogen) atoms. The summed E-state index contributed by atoms with van der Waals surface area (Å²) in [4.78, 5) is 19.3. The zero-order chi connectivity index (χ0) is 13.0. The average Bonchev–Trinajstić information content (AvgIpc) is 2.83. The molecule has 0 radical (unpaired) electrons. The van der Waals surface area contributed by atoms with Crippen molar-refractivity contribution in [2.24, 2.45) is 0 Å². The molecule has 2 heterocycles. The van der Waals surface area contributed by atoms with Crippen molar-refractivity contribution in [3.63, 3.8) is 0 Å². The van der Waals surface area contributed by atoms with Crippen molar-refractivity contribution in [3.8, 4) is 0 Å². The third-order valence-electron chi connectivity index (χ3n) is 3.19. The number of rotatable bonds is 5. The summed E-state index contributed by atoms with van der Waals surface area (Å²) in [5.41, 5.74) is 2.06. The van der Waals surface area contributed by atoms with Crippen LogP contribution in [0.1, 0.15) is 24.7 Å². The molecule has 0 saturated heterocycles. The van der Waals surface area contributed by atoms with Gasteiger partial charge in [-0.1, -0.05) is 0 Å². The molecule has 0 aromatic carbocycles. The van der Waals surface area contributed by atoms with Gasteiger partial charge < -0.3 is 15.0 Å². The normalized spacial score (nSPS) is 20.2. The summed E-state index contributed by atoms with van der Waals surface area (Å²) in [6, 6.07) is -0.0642. The Hall–Kier alpha value is -1.40. The zero-order valence-corrected chi connectivity index (χ0v) is 10.8. The molecule has 0 saturated carbocycles. The van der Waals surface area contributed by atoms with E-state index < -0.39 is 0 Å². The Morgan fingerprint density at radius 2 is 2.56 bits per heavy atom. The topological polar surface area (TPSA) is 79.0 Å². The smallest absolute Gasteiger partial charge is 0.237 e. The average molecular weight is 252 g/mol. The molecule has 2 atom stereocenters. The highest BCUT2D eigenvalue weighted by atomic mass is 16.5. The fraction of sp³-hybridized carbons (Fsp3) is 0.667. The van der Waals surface area contributed by atoms with E-state index in [1.807, 2.05) is 6.92 Å². The van der Waals surface area contributed by atoms with Gasteiger partial charge in [-0.2, -0.15) is 0 Å². The molecule has 0 aliphatic carbocycles. The van der Waals surface area contributed by atoms with Crippen LogP contribution >= 0.6 is 0 Å². The van der Waals surface area contributed by atoms with Crippen molar-refractivity contribution >= 4 is 5.91 Å². The van der Waals surface area contributed by atoms with Crippen LogP contribution in [-0.4, -0.2) is 41.7 Å². The van der Waals surface area contributed by atoms with Crippen LogP contribution in [0, 0.1) is 0 Å².